The number of hydrogen-bond donors (Lipinski definition) is 1. The standard InChI is InChI=1S/C19H24N2O5S2/c1-14-4-8-18(9-5-14)27(22,23)20-17-6-10-19(11-7-17)28(24,25)21-12-15(2)26-16(3)13-21/h4-11,15-16,20H,12-13H2,1-3H3. The molecule has 2 aromatic rings. The molecular weight excluding hydrogens is 400 g/mol. The van der Waals surface area contributed by atoms with Crippen molar-refractivity contribution in [3.8, 4) is 0 Å². The topological polar surface area (TPSA) is 92.8 Å². The van der Waals surface area contributed by atoms with Gasteiger partial charge in [-0.05, 0) is 57.2 Å². The summed E-state index contributed by atoms with van der Waals surface area (Å²) in [6.07, 6.45) is -0.363. The number of ether oxygens (including phenoxy) is 1. The molecule has 152 valence electrons. The van der Waals surface area contributed by atoms with Gasteiger partial charge >= 0.3 is 0 Å². The van der Waals surface area contributed by atoms with Crippen molar-refractivity contribution in [3.05, 3.63) is 54.1 Å². The van der Waals surface area contributed by atoms with E-state index >= 15 is 0 Å². The van der Waals surface area contributed by atoms with Crippen LogP contribution >= 0.6 is 0 Å². The highest BCUT2D eigenvalue weighted by molar-refractivity contribution is 7.92. The molecule has 0 spiro atoms. The lowest BCUT2D eigenvalue weighted by Gasteiger charge is -2.34. The number of sulfonamides is 2. The van der Waals surface area contributed by atoms with E-state index in [4.69, 9.17) is 4.74 Å². The maximum atomic E-state index is 12.9. The summed E-state index contributed by atoms with van der Waals surface area (Å²) in [5.74, 6) is 0. The van der Waals surface area contributed by atoms with Crippen LogP contribution in [0, 0.1) is 6.92 Å². The SMILES string of the molecule is Cc1ccc(S(=O)(=O)Nc2ccc(S(=O)(=O)N3CC(C)OC(C)C3)cc2)cc1. The fourth-order valence-corrected chi connectivity index (χ4v) is 5.75. The minimum atomic E-state index is -3.74. The summed E-state index contributed by atoms with van der Waals surface area (Å²) in [6.45, 7) is 6.12. The van der Waals surface area contributed by atoms with Crippen LogP contribution in [0.25, 0.3) is 0 Å². The van der Waals surface area contributed by atoms with E-state index in [1.165, 1.54) is 40.7 Å². The van der Waals surface area contributed by atoms with Crippen molar-refractivity contribution in [2.45, 2.75) is 42.8 Å². The molecular formula is C19H24N2O5S2. The molecule has 1 heterocycles. The molecule has 2 aromatic carbocycles. The highest BCUT2D eigenvalue weighted by atomic mass is 32.2. The molecule has 0 aromatic heterocycles. The third-order valence-corrected chi connectivity index (χ3v) is 7.70. The first-order valence-corrected chi connectivity index (χ1v) is 11.9. The number of nitrogens with one attached hydrogen (secondary N) is 1. The lowest BCUT2D eigenvalue weighted by molar-refractivity contribution is -0.0440. The Hall–Kier alpha value is -1.94. The van der Waals surface area contributed by atoms with Gasteiger partial charge in [-0.15, -0.1) is 0 Å². The zero-order valence-electron chi connectivity index (χ0n) is 16.0. The van der Waals surface area contributed by atoms with E-state index in [0.29, 0.717) is 5.69 Å². The van der Waals surface area contributed by atoms with Gasteiger partial charge in [0, 0.05) is 18.8 Å². The molecule has 1 fully saturated rings. The smallest absolute Gasteiger partial charge is 0.261 e. The molecule has 0 radical (unpaired) electrons. The van der Waals surface area contributed by atoms with Gasteiger partial charge in [-0.1, -0.05) is 17.7 Å². The van der Waals surface area contributed by atoms with Crippen molar-refractivity contribution in [2.24, 2.45) is 0 Å². The molecule has 0 amide bonds. The largest absolute Gasteiger partial charge is 0.373 e. The molecule has 0 bridgehead atoms. The van der Waals surface area contributed by atoms with Crippen molar-refractivity contribution >= 4 is 25.7 Å². The number of anilines is 1. The highest BCUT2D eigenvalue weighted by Gasteiger charge is 2.32. The molecule has 1 aliphatic heterocycles. The first kappa shape index (κ1) is 20.8. The van der Waals surface area contributed by atoms with Crippen LogP contribution in [0.1, 0.15) is 19.4 Å². The Morgan fingerprint density at radius 3 is 1.89 bits per heavy atom. The summed E-state index contributed by atoms with van der Waals surface area (Å²) in [5, 5.41) is 0. The molecule has 28 heavy (non-hydrogen) atoms. The normalized spacial score (nSPS) is 21.4. The van der Waals surface area contributed by atoms with E-state index in [0.717, 1.165) is 5.56 Å². The molecule has 0 saturated carbocycles. The van der Waals surface area contributed by atoms with Gasteiger partial charge in [0.1, 0.15) is 0 Å². The lowest BCUT2D eigenvalue weighted by Crippen LogP contribution is -2.48. The maximum Gasteiger partial charge on any atom is 0.261 e. The Labute approximate surface area is 166 Å². The molecule has 2 atom stereocenters. The summed E-state index contributed by atoms with van der Waals surface area (Å²) >= 11 is 0. The van der Waals surface area contributed by atoms with Gasteiger partial charge in [0.2, 0.25) is 10.0 Å². The Morgan fingerprint density at radius 1 is 0.857 bits per heavy atom. The van der Waals surface area contributed by atoms with Crippen LogP contribution in [0.5, 0.6) is 0 Å². The average molecular weight is 425 g/mol. The van der Waals surface area contributed by atoms with Gasteiger partial charge < -0.3 is 4.74 Å². The summed E-state index contributed by atoms with van der Waals surface area (Å²) in [5.41, 5.74) is 1.25. The second-order valence-electron chi connectivity index (χ2n) is 7.02. The number of aryl methyl sites for hydroxylation is 1. The van der Waals surface area contributed by atoms with Gasteiger partial charge in [0.15, 0.2) is 0 Å². The summed E-state index contributed by atoms with van der Waals surface area (Å²) in [6, 6.07) is 12.2. The number of benzene rings is 2. The first-order valence-electron chi connectivity index (χ1n) is 8.93. The predicted molar refractivity (Wildman–Crippen MR) is 107 cm³/mol. The van der Waals surface area contributed by atoms with Gasteiger partial charge in [-0.25, -0.2) is 16.8 Å². The van der Waals surface area contributed by atoms with E-state index in [9.17, 15) is 16.8 Å². The second-order valence-corrected chi connectivity index (χ2v) is 10.6. The molecule has 2 unspecified atom stereocenters. The van der Waals surface area contributed by atoms with E-state index in [-0.39, 0.29) is 35.1 Å². The van der Waals surface area contributed by atoms with Crippen LogP contribution in [0.4, 0.5) is 5.69 Å². The van der Waals surface area contributed by atoms with Crippen LogP contribution < -0.4 is 4.72 Å². The molecule has 7 nitrogen and oxygen atoms in total. The summed E-state index contributed by atoms with van der Waals surface area (Å²) < 4.78 is 60.1. The number of hydrogen-bond acceptors (Lipinski definition) is 5. The van der Waals surface area contributed by atoms with Crippen molar-refractivity contribution in [1.29, 1.82) is 0 Å². The quantitative estimate of drug-likeness (QED) is 0.796. The van der Waals surface area contributed by atoms with Crippen LogP contribution in [-0.2, 0) is 24.8 Å². The first-order chi connectivity index (χ1) is 13.1. The van der Waals surface area contributed by atoms with Crippen molar-refractivity contribution in [1.82, 2.24) is 4.31 Å². The molecule has 3 rings (SSSR count). The molecule has 9 heteroatoms. The van der Waals surface area contributed by atoms with E-state index in [1.807, 2.05) is 20.8 Å². The molecule has 1 N–H and O–H groups in total. The second kappa shape index (κ2) is 7.82. The third-order valence-electron chi connectivity index (χ3n) is 4.46. The van der Waals surface area contributed by atoms with Crippen LogP contribution in [0.15, 0.2) is 58.3 Å². The monoisotopic (exact) mass is 424 g/mol. The highest BCUT2D eigenvalue weighted by Crippen LogP contribution is 2.23. The molecule has 1 aliphatic rings. The van der Waals surface area contributed by atoms with E-state index in [2.05, 4.69) is 4.72 Å². The van der Waals surface area contributed by atoms with Gasteiger partial charge in [-0.3, -0.25) is 4.72 Å². The minimum Gasteiger partial charge on any atom is -0.373 e. The van der Waals surface area contributed by atoms with Gasteiger partial charge in [0.25, 0.3) is 10.0 Å². The van der Waals surface area contributed by atoms with E-state index in [1.54, 1.807) is 12.1 Å². The zero-order valence-corrected chi connectivity index (χ0v) is 17.6. The summed E-state index contributed by atoms with van der Waals surface area (Å²) in [4.78, 5) is 0.262. The zero-order chi connectivity index (χ0) is 20.5. The van der Waals surface area contributed by atoms with Gasteiger partial charge in [-0.2, -0.15) is 4.31 Å². The maximum absolute atomic E-state index is 12.9. The Morgan fingerprint density at radius 2 is 1.36 bits per heavy atom. The molecule has 0 aliphatic carbocycles. The van der Waals surface area contributed by atoms with Gasteiger partial charge in [0.05, 0.1) is 22.0 Å². The fraction of sp³-hybridized carbons (Fsp3) is 0.368. The van der Waals surface area contributed by atoms with Crippen LogP contribution in [-0.4, -0.2) is 46.4 Å². The van der Waals surface area contributed by atoms with Crippen LogP contribution in [0.3, 0.4) is 0 Å². The number of nitrogens with zero attached hydrogens (tertiary/aromatic N) is 1. The Balaban J connectivity index is 1.78. The number of morpholine rings is 1. The molecule has 1 saturated heterocycles. The third kappa shape index (κ3) is 4.54. The fourth-order valence-electron chi connectivity index (χ4n) is 3.10. The van der Waals surface area contributed by atoms with Crippen LogP contribution in [0.2, 0.25) is 0 Å². The average Bonchev–Trinajstić information content (AvgIpc) is 2.61. The lowest BCUT2D eigenvalue weighted by atomic mass is 10.2. The minimum absolute atomic E-state index is 0.118. The van der Waals surface area contributed by atoms with Crippen molar-refractivity contribution in [2.75, 3.05) is 17.8 Å². The number of rotatable bonds is 5. The van der Waals surface area contributed by atoms with Crippen molar-refractivity contribution in [3.63, 3.8) is 0 Å². The van der Waals surface area contributed by atoms with Crippen molar-refractivity contribution < 1.29 is 21.6 Å². The Kier molecular flexibility index (Phi) is 5.81. The predicted octanol–water partition coefficient (Wildman–Crippen LogP) is 2.59. The summed E-state index contributed by atoms with van der Waals surface area (Å²) in [7, 11) is -7.41. The Bertz CT molecular complexity index is 1020. The van der Waals surface area contributed by atoms with E-state index < -0.39 is 20.0 Å².